The molecule has 1 aliphatic rings. The third-order valence-corrected chi connectivity index (χ3v) is 3.91. The first-order valence-electron chi connectivity index (χ1n) is 6.67. The Labute approximate surface area is 123 Å². The molecule has 1 aromatic rings. The highest BCUT2D eigenvalue weighted by atomic mass is 35.5. The number of amides is 1. The number of hydrogen-bond donors (Lipinski definition) is 0. The highest BCUT2D eigenvalue weighted by Gasteiger charge is 2.34. The van der Waals surface area contributed by atoms with E-state index in [0.717, 1.165) is 18.4 Å². The number of halogens is 1. The molecular formula is C15H18ClNO3. The SMILES string of the molecule is COC(=O)C(=O)N1C[C@@H](C)CC[C@@H]1c1cccc(Cl)c1. The maximum atomic E-state index is 12.2. The van der Waals surface area contributed by atoms with Crippen molar-refractivity contribution >= 4 is 23.5 Å². The third kappa shape index (κ3) is 3.12. The number of carbonyl (C=O) groups is 2. The first-order valence-corrected chi connectivity index (χ1v) is 7.05. The molecule has 0 aromatic heterocycles. The highest BCUT2D eigenvalue weighted by Crippen LogP contribution is 2.34. The van der Waals surface area contributed by atoms with Gasteiger partial charge in [0.2, 0.25) is 0 Å². The van der Waals surface area contributed by atoms with Gasteiger partial charge in [0.15, 0.2) is 0 Å². The van der Waals surface area contributed by atoms with Crippen LogP contribution in [0.15, 0.2) is 24.3 Å². The fourth-order valence-corrected chi connectivity index (χ4v) is 2.84. The van der Waals surface area contributed by atoms with Gasteiger partial charge in [0.25, 0.3) is 0 Å². The topological polar surface area (TPSA) is 46.6 Å². The summed E-state index contributed by atoms with van der Waals surface area (Å²) in [6.07, 6.45) is 1.84. The first kappa shape index (κ1) is 14.9. The molecule has 1 aromatic carbocycles. The number of benzene rings is 1. The van der Waals surface area contributed by atoms with Crippen LogP contribution in [-0.2, 0) is 14.3 Å². The largest absolute Gasteiger partial charge is 0.462 e. The van der Waals surface area contributed by atoms with Crippen LogP contribution in [0.3, 0.4) is 0 Å². The molecule has 1 saturated heterocycles. The van der Waals surface area contributed by atoms with Crippen LogP contribution in [0.1, 0.15) is 31.4 Å². The summed E-state index contributed by atoms with van der Waals surface area (Å²) < 4.78 is 4.55. The number of ether oxygens (including phenoxy) is 1. The Morgan fingerprint density at radius 2 is 2.10 bits per heavy atom. The molecule has 0 aliphatic carbocycles. The second-order valence-electron chi connectivity index (χ2n) is 5.20. The molecule has 1 heterocycles. The molecule has 0 bridgehead atoms. The molecule has 1 aliphatic heterocycles. The smallest absolute Gasteiger partial charge is 0.396 e. The lowest BCUT2D eigenvalue weighted by molar-refractivity contribution is -0.160. The molecule has 4 nitrogen and oxygen atoms in total. The van der Waals surface area contributed by atoms with Gasteiger partial charge in [0.05, 0.1) is 13.2 Å². The van der Waals surface area contributed by atoms with Gasteiger partial charge in [-0.2, -0.15) is 0 Å². The Bertz CT molecular complexity index is 518. The third-order valence-electron chi connectivity index (χ3n) is 3.67. The number of hydrogen-bond acceptors (Lipinski definition) is 3. The Balaban J connectivity index is 2.29. The number of methoxy groups -OCH3 is 1. The summed E-state index contributed by atoms with van der Waals surface area (Å²) in [5.74, 6) is -1.02. The molecule has 0 unspecified atom stereocenters. The average Bonchev–Trinajstić information content (AvgIpc) is 2.45. The molecule has 0 N–H and O–H groups in total. The molecule has 2 atom stereocenters. The Morgan fingerprint density at radius 1 is 1.35 bits per heavy atom. The van der Waals surface area contributed by atoms with Crippen LogP contribution in [0, 0.1) is 5.92 Å². The zero-order valence-electron chi connectivity index (χ0n) is 11.6. The van der Waals surface area contributed by atoms with Crippen molar-refractivity contribution in [3.8, 4) is 0 Å². The molecule has 5 heteroatoms. The fraction of sp³-hybridized carbons (Fsp3) is 0.467. The summed E-state index contributed by atoms with van der Waals surface area (Å²) in [5.41, 5.74) is 0.960. The van der Waals surface area contributed by atoms with Crippen molar-refractivity contribution in [1.29, 1.82) is 0 Å². The zero-order valence-corrected chi connectivity index (χ0v) is 12.4. The lowest BCUT2D eigenvalue weighted by Gasteiger charge is -2.38. The molecule has 0 spiro atoms. The molecule has 0 radical (unpaired) electrons. The molecule has 108 valence electrons. The molecule has 1 amide bonds. The summed E-state index contributed by atoms with van der Waals surface area (Å²) in [5, 5.41) is 0.631. The van der Waals surface area contributed by atoms with Crippen LogP contribution < -0.4 is 0 Å². The van der Waals surface area contributed by atoms with Crippen LogP contribution in [0.4, 0.5) is 0 Å². The molecular weight excluding hydrogens is 278 g/mol. The number of rotatable bonds is 1. The molecule has 2 rings (SSSR count). The van der Waals surface area contributed by atoms with E-state index in [1.54, 1.807) is 11.0 Å². The Hall–Kier alpha value is -1.55. The van der Waals surface area contributed by atoms with Gasteiger partial charge >= 0.3 is 11.9 Å². The highest BCUT2D eigenvalue weighted by molar-refractivity contribution is 6.32. The second-order valence-corrected chi connectivity index (χ2v) is 5.64. The van der Waals surface area contributed by atoms with Gasteiger partial charge in [-0.1, -0.05) is 30.7 Å². The van der Waals surface area contributed by atoms with Crippen molar-refractivity contribution in [2.75, 3.05) is 13.7 Å². The molecule has 1 fully saturated rings. The molecule has 20 heavy (non-hydrogen) atoms. The minimum atomic E-state index is -0.814. The Morgan fingerprint density at radius 3 is 2.75 bits per heavy atom. The van der Waals surface area contributed by atoms with E-state index >= 15 is 0 Å². The van der Waals surface area contributed by atoms with E-state index in [9.17, 15) is 9.59 Å². The quantitative estimate of drug-likeness (QED) is 0.591. The van der Waals surface area contributed by atoms with E-state index in [1.165, 1.54) is 7.11 Å². The van der Waals surface area contributed by atoms with Gasteiger partial charge < -0.3 is 9.64 Å². The minimum absolute atomic E-state index is 0.114. The fourth-order valence-electron chi connectivity index (χ4n) is 2.64. The van der Waals surface area contributed by atoms with Gasteiger partial charge in [0.1, 0.15) is 0 Å². The van der Waals surface area contributed by atoms with Crippen LogP contribution in [-0.4, -0.2) is 30.4 Å². The van der Waals surface area contributed by atoms with Crippen molar-refractivity contribution in [3.63, 3.8) is 0 Å². The van der Waals surface area contributed by atoms with Crippen LogP contribution in [0.25, 0.3) is 0 Å². The summed E-state index contributed by atoms with van der Waals surface area (Å²) in [6.45, 7) is 2.64. The van der Waals surface area contributed by atoms with Crippen molar-refractivity contribution in [1.82, 2.24) is 4.90 Å². The predicted octanol–water partition coefficient (Wildman–Crippen LogP) is 2.81. The van der Waals surface area contributed by atoms with Crippen molar-refractivity contribution < 1.29 is 14.3 Å². The van der Waals surface area contributed by atoms with E-state index in [-0.39, 0.29) is 6.04 Å². The van der Waals surface area contributed by atoms with E-state index < -0.39 is 11.9 Å². The lowest BCUT2D eigenvalue weighted by atomic mass is 9.90. The number of nitrogens with zero attached hydrogens (tertiary/aromatic N) is 1. The first-order chi connectivity index (χ1) is 9.52. The van der Waals surface area contributed by atoms with E-state index in [4.69, 9.17) is 11.6 Å². The minimum Gasteiger partial charge on any atom is -0.462 e. The van der Waals surface area contributed by atoms with Gasteiger partial charge in [-0.3, -0.25) is 4.79 Å². The summed E-state index contributed by atoms with van der Waals surface area (Å²) in [6, 6.07) is 7.32. The van der Waals surface area contributed by atoms with Crippen LogP contribution >= 0.6 is 11.6 Å². The zero-order chi connectivity index (χ0) is 14.7. The number of likely N-dealkylation sites (tertiary alicyclic amines) is 1. The van der Waals surface area contributed by atoms with Gasteiger partial charge in [-0.15, -0.1) is 0 Å². The second kappa shape index (κ2) is 6.27. The summed E-state index contributed by atoms with van der Waals surface area (Å²) in [7, 11) is 1.22. The van der Waals surface area contributed by atoms with E-state index in [2.05, 4.69) is 11.7 Å². The van der Waals surface area contributed by atoms with E-state index in [0.29, 0.717) is 17.5 Å². The van der Waals surface area contributed by atoms with E-state index in [1.807, 2.05) is 18.2 Å². The maximum absolute atomic E-state index is 12.2. The average molecular weight is 296 g/mol. The van der Waals surface area contributed by atoms with Crippen LogP contribution in [0.2, 0.25) is 5.02 Å². The monoisotopic (exact) mass is 295 g/mol. The lowest BCUT2D eigenvalue weighted by Crippen LogP contribution is -2.45. The summed E-state index contributed by atoms with van der Waals surface area (Å²) in [4.78, 5) is 25.3. The summed E-state index contributed by atoms with van der Waals surface area (Å²) >= 11 is 6.01. The van der Waals surface area contributed by atoms with Crippen molar-refractivity contribution in [3.05, 3.63) is 34.9 Å². The van der Waals surface area contributed by atoms with Crippen molar-refractivity contribution in [2.24, 2.45) is 5.92 Å². The maximum Gasteiger partial charge on any atom is 0.396 e. The van der Waals surface area contributed by atoms with Crippen LogP contribution in [0.5, 0.6) is 0 Å². The standard InChI is InChI=1S/C15H18ClNO3/c1-10-6-7-13(11-4-3-5-12(16)8-11)17(9-10)14(18)15(19)20-2/h3-5,8,10,13H,6-7,9H2,1-2H3/t10-,13+/m0/s1. The Kier molecular flexibility index (Phi) is 4.65. The number of esters is 1. The number of piperidine rings is 1. The normalized spacial score (nSPS) is 22.4. The predicted molar refractivity (Wildman–Crippen MR) is 76.3 cm³/mol. The van der Waals surface area contributed by atoms with Gasteiger partial charge in [-0.05, 0) is 36.5 Å². The van der Waals surface area contributed by atoms with Crippen molar-refractivity contribution in [2.45, 2.75) is 25.8 Å². The van der Waals surface area contributed by atoms with Gasteiger partial charge in [-0.25, -0.2) is 4.79 Å². The molecule has 0 saturated carbocycles. The number of carbonyl (C=O) groups excluding carboxylic acids is 2. The van der Waals surface area contributed by atoms with Gasteiger partial charge in [0, 0.05) is 11.6 Å².